The summed E-state index contributed by atoms with van der Waals surface area (Å²) < 4.78 is 37.0. The van der Waals surface area contributed by atoms with Gasteiger partial charge in [-0.15, -0.1) is 0 Å². The Morgan fingerprint density at radius 1 is 1.23 bits per heavy atom. The minimum atomic E-state index is -3.74. The zero-order valence-corrected chi connectivity index (χ0v) is 15.3. The lowest BCUT2D eigenvalue weighted by Crippen LogP contribution is -2.48. The summed E-state index contributed by atoms with van der Waals surface area (Å²) in [4.78, 5) is 25.6. The van der Waals surface area contributed by atoms with Gasteiger partial charge in [-0.1, -0.05) is 0 Å². The number of esters is 1. The largest absolute Gasteiger partial charge is 0.465 e. The molecule has 1 amide bonds. The van der Waals surface area contributed by atoms with Crippen molar-refractivity contribution in [3.63, 3.8) is 0 Å². The zero-order valence-electron chi connectivity index (χ0n) is 14.4. The first-order valence-electron chi connectivity index (χ1n) is 8.25. The number of rotatable bonds is 4. The molecule has 0 bridgehead atoms. The Balaban J connectivity index is 1.98. The second-order valence-corrected chi connectivity index (χ2v) is 7.90. The molecular weight excluding hydrogens is 362 g/mol. The molecular formula is C16H21N3O6S. The Morgan fingerprint density at radius 2 is 1.96 bits per heavy atom. The van der Waals surface area contributed by atoms with E-state index in [1.54, 1.807) is 11.0 Å². The smallest absolute Gasteiger partial charge is 0.340 e. The third kappa shape index (κ3) is 3.67. The van der Waals surface area contributed by atoms with Crippen molar-refractivity contribution >= 4 is 27.6 Å². The van der Waals surface area contributed by atoms with Crippen LogP contribution in [0.1, 0.15) is 10.4 Å². The second-order valence-electron chi connectivity index (χ2n) is 5.96. The lowest BCUT2D eigenvalue weighted by atomic mass is 10.1. The topological polar surface area (TPSA) is 105 Å². The molecule has 26 heavy (non-hydrogen) atoms. The van der Waals surface area contributed by atoms with Crippen molar-refractivity contribution in [3.8, 4) is 0 Å². The van der Waals surface area contributed by atoms with Crippen LogP contribution in [0, 0.1) is 0 Å². The van der Waals surface area contributed by atoms with E-state index < -0.39 is 16.0 Å². The van der Waals surface area contributed by atoms with Gasteiger partial charge in [0.25, 0.3) is 0 Å². The normalized spacial score (nSPS) is 19.1. The van der Waals surface area contributed by atoms with Crippen molar-refractivity contribution in [1.29, 1.82) is 0 Å². The summed E-state index contributed by atoms with van der Waals surface area (Å²) in [6.45, 7) is 2.28. The number of carbonyl (C=O) groups is 2. The highest BCUT2D eigenvalue weighted by Gasteiger charge is 2.29. The number of piperazine rings is 1. The number of nitrogens with one attached hydrogen (secondary N) is 1. The van der Waals surface area contributed by atoms with Gasteiger partial charge in [-0.3, -0.25) is 4.79 Å². The molecule has 0 radical (unpaired) electrons. The van der Waals surface area contributed by atoms with Crippen LogP contribution in [0.15, 0.2) is 23.1 Å². The number of hydrogen-bond donors (Lipinski definition) is 1. The molecule has 0 unspecified atom stereocenters. The quantitative estimate of drug-likeness (QED) is 0.694. The van der Waals surface area contributed by atoms with Crippen molar-refractivity contribution in [2.45, 2.75) is 4.90 Å². The monoisotopic (exact) mass is 383 g/mol. The summed E-state index contributed by atoms with van der Waals surface area (Å²) >= 11 is 0. The number of benzene rings is 1. The fourth-order valence-corrected chi connectivity index (χ4v) is 4.44. The Bertz CT molecular complexity index is 804. The maximum Gasteiger partial charge on any atom is 0.340 e. The molecule has 2 saturated heterocycles. The molecule has 2 heterocycles. The van der Waals surface area contributed by atoms with Gasteiger partial charge < -0.3 is 19.7 Å². The SMILES string of the molecule is COC(=O)c1cc(S(=O)(=O)N2CCOCC2)ccc1N1CCNC(=O)C1. The van der Waals surface area contributed by atoms with E-state index in [2.05, 4.69) is 5.32 Å². The van der Waals surface area contributed by atoms with E-state index in [0.29, 0.717) is 32.0 Å². The van der Waals surface area contributed by atoms with Gasteiger partial charge in [-0.05, 0) is 18.2 Å². The summed E-state index contributed by atoms with van der Waals surface area (Å²) in [5, 5.41) is 2.71. The fraction of sp³-hybridized carbons (Fsp3) is 0.500. The van der Waals surface area contributed by atoms with Crippen LogP contribution in [0.4, 0.5) is 5.69 Å². The molecule has 10 heteroatoms. The maximum atomic E-state index is 12.8. The van der Waals surface area contributed by atoms with Gasteiger partial charge in [0, 0.05) is 26.2 Å². The second kappa shape index (κ2) is 7.60. The summed E-state index contributed by atoms with van der Waals surface area (Å²) in [6.07, 6.45) is 0. The minimum absolute atomic E-state index is 0.0185. The van der Waals surface area contributed by atoms with Crippen molar-refractivity contribution in [2.24, 2.45) is 0 Å². The van der Waals surface area contributed by atoms with Gasteiger partial charge in [-0.25, -0.2) is 13.2 Å². The molecule has 9 nitrogen and oxygen atoms in total. The van der Waals surface area contributed by atoms with Crippen LogP contribution in [0.3, 0.4) is 0 Å². The summed E-state index contributed by atoms with van der Waals surface area (Å²) in [5.74, 6) is -0.804. The predicted octanol–water partition coefficient (Wildman–Crippen LogP) is -0.570. The highest BCUT2D eigenvalue weighted by Crippen LogP contribution is 2.27. The molecule has 1 aromatic rings. The van der Waals surface area contributed by atoms with Crippen LogP contribution in [0.5, 0.6) is 0 Å². The van der Waals surface area contributed by atoms with Crippen LogP contribution in [-0.2, 0) is 24.3 Å². The lowest BCUT2D eigenvalue weighted by Gasteiger charge is -2.30. The number of amides is 1. The number of ether oxygens (including phenoxy) is 2. The third-order valence-electron chi connectivity index (χ3n) is 4.36. The predicted molar refractivity (Wildman–Crippen MR) is 92.6 cm³/mol. The standard InChI is InChI=1S/C16H21N3O6S/c1-24-16(21)13-10-12(26(22,23)19-6-8-25-9-7-19)2-3-14(13)18-5-4-17-15(20)11-18/h2-3,10H,4-9,11H2,1H3,(H,17,20). The number of nitrogens with zero attached hydrogens (tertiary/aromatic N) is 2. The van der Waals surface area contributed by atoms with E-state index in [1.165, 1.54) is 23.5 Å². The van der Waals surface area contributed by atoms with E-state index in [1.807, 2.05) is 0 Å². The van der Waals surface area contributed by atoms with Crippen LogP contribution < -0.4 is 10.2 Å². The van der Waals surface area contributed by atoms with E-state index >= 15 is 0 Å². The molecule has 0 aliphatic carbocycles. The first-order chi connectivity index (χ1) is 12.4. The van der Waals surface area contributed by atoms with Gasteiger partial charge in [-0.2, -0.15) is 4.31 Å². The molecule has 0 aromatic heterocycles. The number of anilines is 1. The van der Waals surface area contributed by atoms with E-state index in [-0.39, 0.29) is 36.0 Å². The highest BCUT2D eigenvalue weighted by atomic mass is 32.2. The van der Waals surface area contributed by atoms with Gasteiger partial charge in [0.1, 0.15) is 0 Å². The van der Waals surface area contributed by atoms with E-state index in [0.717, 1.165) is 0 Å². The van der Waals surface area contributed by atoms with Crippen molar-refractivity contribution < 1.29 is 27.5 Å². The highest BCUT2D eigenvalue weighted by molar-refractivity contribution is 7.89. The number of morpholine rings is 1. The fourth-order valence-electron chi connectivity index (χ4n) is 3.01. The molecule has 142 valence electrons. The van der Waals surface area contributed by atoms with Crippen LogP contribution in [-0.4, -0.2) is 77.6 Å². The van der Waals surface area contributed by atoms with E-state index in [9.17, 15) is 18.0 Å². The maximum absolute atomic E-state index is 12.8. The number of carbonyl (C=O) groups excluding carboxylic acids is 2. The number of sulfonamides is 1. The van der Waals surface area contributed by atoms with E-state index in [4.69, 9.17) is 9.47 Å². The average molecular weight is 383 g/mol. The third-order valence-corrected chi connectivity index (χ3v) is 6.25. The van der Waals surface area contributed by atoms with Gasteiger partial charge >= 0.3 is 5.97 Å². The number of methoxy groups -OCH3 is 1. The summed E-state index contributed by atoms with van der Waals surface area (Å²) in [6, 6.07) is 4.33. The Morgan fingerprint density at radius 3 is 2.62 bits per heavy atom. The Labute approximate surface area is 151 Å². The van der Waals surface area contributed by atoms with Gasteiger partial charge in [0.05, 0.1) is 43.0 Å². The number of hydrogen-bond acceptors (Lipinski definition) is 7. The molecule has 1 aromatic carbocycles. The van der Waals surface area contributed by atoms with Crippen LogP contribution >= 0.6 is 0 Å². The van der Waals surface area contributed by atoms with Crippen LogP contribution in [0.2, 0.25) is 0 Å². The van der Waals surface area contributed by atoms with Crippen molar-refractivity contribution in [1.82, 2.24) is 9.62 Å². The van der Waals surface area contributed by atoms with Crippen molar-refractivity contribution in [2.75, 3.05) is 57.9 Å². The molecule has 0 spiro atoms. The molecule has 0 atom stereocenters. The first kappa shape index (κ1) is 18.6. The molecule has 2 fully saturated rings. The molecule has 1 N–H and O–H groups in total. The molecule has 0 saturated carbocycles. The molecule has 3 rings (SSSR count). The Kier molecular flexibility index (Phi) is 5.44. The van der Waals surface area contributed by atoms with Gasteiger partial charge in [0.15, 0.2) is 0 Å². The minimum Gasteiger partial charge on any atom is -0.465 e. The zero-order chi connectivity index (χ0) is 18.7. The summed E-state index contributed by atoms with van der Waals surface area (Å²) in [5.41, 5.74) is 0.601. The van der Waals surface area contributed by atoms with Gasteiger partial charge in [0.2, 0.25) is 15.9 Å². The Hall–Kier alpha value is -2.17. The summed E-state index contributed by atoms with van der Waals surface area (Å²) in [7, 11) is -2.50. The average Bonchev–Trinajstić information content (AvgIpc) is 2.67. The van der Waals surface area contributed by atoms with Crippen molar-refractivity contribution in [3.05, 3.63) is 23.8 Å². The molecule has 2 aliphatic rings. The van der Waals surface area contributed by atoms with Crippen LogP contribution in [0.25, 0.3) is 0 Å². The lowest BCUT2D eigenvalue weighted by molar-refractivity contribution is -0.120. The molecule has 2 aliphatic heterocycles. The first-order valence-corrected chi connectivity index (χ1v) is 9.69.